The number of carbonyl (C=O) groups is 5. The molecule has 12 nitrogen and oxygen atoms in total. The van der Waals surface area contributed by atoms with Gasteiger partial charge < -0.3 is 30.6 Å². The van der Waals surface area contributed by atoms with E-state index in [-0.39, 0.29) is 23.8 Å². The quantitative estimate of drug-likeness (QED) is 0.341. The van der Waals surface area contributed by atoms with Crippen LogP contribution in [0.1, 0.15) is 12.8 Å². The van der Waals surface area contributed by atoms with Gasteiger partial charge >= 0.3 is 11.9 Å². The molecule has 0 spiro atoms. The normalized spacial score (nSPS) is 21.9. The standard InChI is InChI=1S/C15H25N5O3.C4H4O4/c21-13-2-1-12(17-13)15(23)20-9-7-18(8-10-20)11-14(22)19-5-3-16-4-6-19;5-3(6)1-2-4(7)8/h12,16H,1-11H2,(H,17,21);1-2H,(H,5,6)(H,7,8)/b;2-1-. The summed E-state index contributed by atoms with van der Waals surface area (Å²) in [5, 5.41) is 21.6. The van der Waals surface area contributed by atoms with Crippen molar-refractivity contribution in [3.8, 4) is 0 Å². The lowest BCUT2D eigenvalue weighted by Gasteiger charge is -2.37. The zero-order valence-corrected chi connectivity index (χ0v) is 17.3. The fraction of sp³-hybridized carbons (Fsp3) is 0.632. The molecule has 0 aromatic heterocycles. The highest BCUT2D eigenvalue weighted by Crippen LogP contribution is 2.12. The topological polar surface area (TPSA) is 160 Å². The third kappa shape index (κ3) is 8.34. The molecule has 3 saturated heterocycles. The molecule has 3 aliphatic rings. The molecular weight excluding hydrogens is 410 g/mol. The molecule has 0 aromatic carbocycles. The average Bonchev–Trinajstić information content (AvgIpc) is 3.19. The molecule has 1 atom stereocenters. The number of carboxylic acids is 2. The summed E-state index contributed by atoms with van der Waals surface area (Å²) in [6.07, 6.45) is 2.15. The van der Waals surface area contributed by atoms with E-state index in [2.05, 4.69) is 15.5 Å². The highest BCUT2D eigenvalue weighted by molar-refractivity contribution is 5.91. The number of rotatable bonds is 5. The second-order valence-electron chi connectivity index (χ2n) is 7.40. The molecule has 3 rings (SSSR count). The minimum absolute atomic E-state index is 0.0175. The van der Waals surface area contributed by atoms with Crippen molar-refractivity contribution in [2.24, 2.45) is 0 Å². The smallest absolute Gasteiger partial charge is 0.328 e. The summed E-state index contributed by atoms with van der Waals surface area (Å²) in [7, 11) is 0. The summed E-state index contributed by atoms with van der Waals surface area (Å²) in [5.41, 5.74) is 0. The first-order valence-electron chi connectivity index (χ1n) is 10.2. The van der Waals surface area contributed by atoms with E-state index in [1.54, 1.807) is 0 Å². The molecule has 0 aliphatic carbocycles. The van der Waals surface area contributed by atoms with Crippen molar-refractivity contribution in [1.29, 1.82) is 0 Å². The fourth-order valence-electron chi connectivity index (χ4n) is 3.49. The van der Waals surface area contributed by atoms with Gasteiger partial charge in [0.15, 0.2) is 0 Å². The van der Waals surface area contributed by atoms with Gasteiger partial charge in [-0.3, -0.25) is 19.3 Å². The highest BCUT2D eigenvalue weighted by atomic mass is 16.4. The Morgan fingerprint density at radius 3 is 1.97 bits per heavy atom. The van der Waals surface area contributed by atoms with Crippen molar-refractivity contribution in [3.63, 3.8) is 0 Å². The van der Waals surface area contributed by atoms with Crippen LogP contribution in [0.25, 0.3) is 0 Å². The molecule has 0 saturated carbocycles. The van der Waals surface area contributed by atoms with E-state index in [0.29, 0.717) is 57.7 Å². The molecule has 31 heavy (non-hydrogen) atoms. The molecule has 3 amide bonds. The van der Waals surface area contributed by atoms with Gasteiger partial charge in [-0.1, -0.05) is 0 Å². The third-order valence-electron chi connectivity index (χ3n) is 5.17. The van der Waals surface area contributed by atoms with Crippen LogP contribution >= 0.6 is 0 Å². The Hall–Kier alpha value is -2.99. The monoisotopic (exact) mass is 439 g/mol. The molecule has 1 unspecified atom stereocenters. The highest BCUT2D eigenvalue weighted by Gasteiger charge is 2.32. The van der Waals surface area contributed by atoms with Gasteiger partial charge in [-0.25, -0.2) is 9.59 Å². The van der Waals surface area contributed by atoms with Gasteiger partial charge in [0.25, 0.3) is 0 Å². The van der Waals surface area contributed by atoms with E-state index >= 15 is 0 Å². The second-order valence-corrected chi connectivity index (χ2v) is 7.40. The Morgan fingerprint density at radius 1 is 0.903 bits per heavy atom. The molecule has 0 radical (unpaired) electrons. The lowest BCUT2D eigenvalue weighted by molar-refractivity contribution is -0.137. The van der Waals surface area contributed by atoms with Gasteiger partial charge in [-0.05, 0) is 6.42 Å². The zero-order chi connectivity index (χ0) is 22.8. The Kier molecular flexibility index (Phi) is 9.40. The van der Waals surface area contributed by atoms with Gasteiger partial charge in [0.1, 0.15) is 6.04 Å². The van der Waals surface area contributed by atoms with Crippen molar-refractivity contribution >= 4 is 29.7 Å². The molecule has 0 aromatic rings. The van der Waals surface area contributed by atoms with Crippen molar-refractivity contribution in [2.45, 2.75) is 18.9 Å². The van der Waals surface area contributed by atoms with Crippen LogP contribution in [-0.2, 0) is 24.0 Å². The van der Waals surface area contributed by atoms with Crippen LogP contribution in [0.5, 0.6) is 0 Å². The van der Waals surface area contributed by atoms with Crippen LogP contribution in [0.15, 0.2) is 12.2 Å². The lowest BCUT2D eigenvalue weighted by atomic mass is 10.2. The summed E-state index contributed by atoms with van der Waals surface area (Å²) >= 11 is 0. The second kappa shape index (κ2) is 12.0. The van der Waals surface area contributed by atoms with E-state index in [0.717, 1.165) is 26.2 Å². The summed E-state index contributed by atoms with van der Waals surface area (Å²) in [4.78, 5) is 60.7. The van der Waals surface area contributed by atoms with E-state index < -0.39 is 11.9 Å². The maximum Gasteiger partial charge on any atom is 0.328 e. The number of carboxylic acid groups (broad SMARTS) is 2. The number of nitrogens with zero attached hydrogens (tertiary/aromatic N) is 3. The Bertz CT molecular complexity index is 696. The molecule has 0 bridgehead atoms. The minimum atomic E-state index is -1.26. The molecule has 172 valence electrons. The van der Waals surface area contributed by atoms with Gasteiger partial charge in [0.2, 0.25) is 17.7 Å². The Balaban J connectivity index is 0.000000366. The van der Waals surface area contributed by atoms with Crippen LogP contribution in [-0.4, -0.2) is 120 Å². The summed E-state index contributed by atoms with van der Waals surface area (Å²) in [5.74, 6) is -2.36. The summed E-state index contributed by atoms with van der Waals surface area (Å²) in [6.45, 7) is 6.39. The number of piperazine rings is 2. The first-order chi connectivity index (χ1) is 14.8. The predicted molar refractivity (Wildman–Crippen MR) is 108 cm³/mol. The zero-order valence-electron chi connectivity index (χ0n) is 17.3. The van der Waals surface area contributed by atoms with Crippen molar-refractivity contribution < 1.29 is 34.2 Å². The van der Waals surface area contributed by atoms with Gasteiger partial charge in [0.05, 0.1) is 6.54 Å². The van der Waals surface area contributed by atoms with Crippen LogP contribution in [0.3, 0.4) is 0 Å². The molecule has 3 aliphatic heterocycles. The molecular formula is C19H29N5O7. The van der Waals surface area contributed by atoms with E-state index in [1.807, 2.05) is 9.80 Å². The largest absolute Gasteiger partial charge is 0.478 e. The van der Waals surface area contributed by atoms with Crippen molar-refractivity contribution in [3.05, 3.63) is 12.2 Å². The van der Waals surface area contributed by atoms with Gasteiger partial charge in [0, 0.05) is 70.9 Å². The number of hydrogen-bond acceptors (Lipinski definition) is 7. The average molecular weight is 439 g/mol. The van der Waals surface area contributed by atoms with Crippen LogP contribution < -0.4 is 10.6 Å². The van der Waals surface area contributed by atoms with E-state index in [1.165, 1.54) is 0 Å². The SMILES string of the molecule is O=C(O)/C=C\C(=O)O.O=C1CCC(C(=O)N2CCN(CC(=O)N3CCNCC3)CC2)N1. The maximum atomic E-state index is 12.3. The molecule has 3 fully saturated rings. The Morgan fingerprint density at radius 2 is 1.48 bits per heavy atom. The Labute approximate surface area is 179 Å². The number of hydrogen-bond donors (Lipinski definition) is 4. The first-order valence-corrected chi connectivity index (χ1v) is 10.2. The van der Waals surface area contributed by atoms with Crippen LogP contribution in [0.4, 0.5) is 0 Å². The number of amides is 3. The number of nitrogens with one attached hydrogen (secondary N) is 2. The van der Waals surface area contributed by atoms with Gasteiger partial charge in [-0.15, -0.1) is 0 Å². The first kappa shape index (κ1) is 24.3. The summed E-state index contributed by atoms with van der Waals surface area (Å²) < 4.78 is 0. The van der Waals surface area contributed by atoms with Crippen molar-refractivity contribution in [2.75, 3.05) is 58.9 Å². The summed E-state index contributed by atoms with van der Waals surface area (Å²) in [6, 6.07) is -0.350. The molecule has 12 heteroatoms. The van der Waals surface area contributed by atoms with E-state index in [4.69, 9.17) is 10.2 Å². The van der Waals surface area contributed by atoms with Gasteiger partial charge in [-0.2, -0.15) is 0 Å². The number of carbonyl (C=O) groups excluding carboxylic acids is 3. The lowest BCUT2D eigenvalue weighted by Crippen LogP contribution is -2.55. The minimum Gasteiger partial charge on any atom is -0.478 e. The van der Waals surface area contributed by atoms with E-state index in [9.17, 15) is 24.0 Å². The molecule has 4 N–H and O–H groups in total. The maximum absolute atomic E-state index is 12.3. The van der Waals surface area contributed by atoms with Crippen molar-refractivity contribution in [1.82, 2.24) is 25.3 Å². The fourth-order valence-corrected chi connectivity index (χ4v) is 3.49. The predicted octanol–water partition coefficient (Wildman–Crippen LogP) is -2.45. The molecule has 3 heterocycles. The van der Waals surface area contributed by atoms with Crippen LogP contribution in [0.2, 0.25) is 0 Å². The number of aliphatic carboxylic acids is 2. The van der Waals surface area contributed by atoms with Crippen LogP contribution in [0, 0.1) is 0 Å². The third-order valence-corrected chi connectivity index (χ3v) is 5.17.